The number of benzene rings is 1. The Bertz CT molecular complexity index is 389. The van der Waals surface area contributed by atoms with Crippen LogP contribution in [-0.2, 0) is 4.74 Å². The first kappa shape index (κ1) is 13.2. The number of carbonyl (C=O) groups is 2. The molecule has 0 heterocycles. The van der Waals surface area contributed by atoms with Crippen LogP contribution in [0.2, 0.25) is 0 Å². The van der Waals surface area contributed by atoms with E-state index in [0.29, 0.717) is 12.0 Å². The Kier molecular flexibility index (Phi) is 4.69. The molecule has 0 aliphatic rings. The highest BCUT2D eigenvalue weighted by molar-refractivity contribution is 6.01. The van der Waals surface area contributed by atoms with Gasteiger partial charge in [0.05, 0.1) is 13.2 Å². The summed E-state index contributed by atoms with van der Waals surface area (Å²) in [6.45, 7) is 1.87. The van der Waals surface area contributed by atoms with Gasteiger partial charge in [-0.25, -0.2) is 4.79 Å². The molecular formula is C13H17NO3. The number of methoxy groups -OCH3 is 1. The predicted octanol–water partition coefficient (Wildman–Crippen LogP) is 2.35. The summed E-state index contributed by atoms with van der Waals surface area (Å²) in [7, 11) is 2.87. The average molecular weight is 235 g/mol. The molecule has 92 valence electrons. The molecule has 0 fully saturated rings. The molecule has 4 nitrogen and oxygen atoms in total. The fraction of sp³-hybridized carbons (Fsp3) is 0.385. The van der Waals surface area contributed by atoms with Gasteiger partial charge in [0.1, 0.15) is 0 Å². The molecule has 0 aliphatic carbocycles. The van der Waals surface area contributed by atoms with Crippen molar-refractivity contribution in [3.63, 3.8) is 0 Å². The van der Waals surface area contributed by atoms with Crippen molar-refractivity contribution in [1.29, 1.82) is 0 Å². The van der Waals surface area contributed by atoms with E-state index in [2.05, 4.69) is 4.74 Å². The van der Waals surface area contributed by atoms with Gasteiger partial charge in [-0.2, -0.15) is 0 Å². The van der Waals surface area contributed by atoms with Crippen molar-refractivity contribution in [2.24, 2.45) is 0 Å². The molecule has 17 heavy (non-hydrogen) atoms. The summed E-state index contributed by atoms with van der Waals surface area (Å²) >= 11 is 0. The van der Waals surface area contributed by atoms with Crippen molar-refractivity contribution >= 4 is 11.9 Å². The van der Waals surface area contributed by atoms with E-state index in [0.717, 1.165) is 0 Å². The van der Waals surface area contributed by atoms with E-state index in [-0.39, 0.29) is 5.78 Å². The number of rotatable bonds is 4. The monoisotopic (exact) mass is 235 g/mol. The highest BCUT2D eigenvalue weighted by atomic mass is 16.5. The van der Waals surface area contributed by atoms with Crippen LogP contribution in [0.15, 0.2) is 30.3 Å². The highest BCUT2D eigenvalue weighted by Crippen LogP contribution is 2.11. The van der Waals surface area contributed by atoms with E-state index >= 15 is 0 Å². The van der Waals surface area contributed by atoms with Crippen LogP contribution < -0.4 is 0 Å². The van der Waals surface area contributed by atoms with Crippen LogP contribution in [-0.4, -0.2) is 37.0 Å². The summed E-state index contributed by atoms with van der Waals surface area (Å²) in [6.07, 6.45) is 0.0559. The zero-order valence-corrected chi connectivity index (χ0v) is 10.3. The smallest absolute Gasteiger partial charge is 0.409 e. The lowest BCUT2D eigenvalue weighted by atomic mass is 10.0. The van der Waals surface area contributed by atoms with Crippen molar-refractivity contribution in [3.05, 3.63) is 35.9 Å². The quantitative estimate of drug-likeness (QED) is 0.752. The van der Waals surface area contributed by atoms with Gasteiger partial charge in [-0.05, 0) is 6.42 Å². The normalized spacial score (nSPS) is 11.7. The second kappa shape index (κ2) is 6.03. The van der Waals surface area contributed by atoms with E-state index in [9.17, 15) is 9.59 Å². The first-order valence-electron chi connectivity index (χ1n) is 5.51. The van der Waals surface area contributed by atoms with E-state index < -0.39 is 12.1 Å². The minimum Gasteiger partial charge on any atom is -0.453 e. The number of carbonyl (C=O) groups excluding carboxylic acids is 2. The predicted molar refractivity (Wildman–Crippen MR) is 65.0 cm³/mol. The van der Waals surface area contributed by atoms with Gasteiger partial charge in [0, 0.05) is 12.6 Å². The molecule has 0 radical (unpaired) electrons. The minimum absolute atomic E-state index is 0.0685. The van der Waals surface area contributed by atoms with Gasteiger partial charge >= 0.3 is 6.09 Å². The topological polar surface area (TPSA) is 46.6 Å². The largest absolute Gasteiger partial charge is 0.453 e. The van der Waals surface area contributed by atoms with Crippen molar-refractivity contribution < 1.29 is 14.3 Å². The minimum atomic E-state index is -0.499. The van der Waals surface area contributed by atoms with E-state index in [4.69, 9.17) is 0 Å². The fourth-order valence-corrected chi connectivity index (χ4v) is 1.70. The molecule has 0 saturated heterocycles. The molecule has 1 aromatic rings. The standard InChI is InChI=1S/C13H17NO3/c1-4-11(14(2)13(16)17-3)12(15)10-8-6-5-7-9-10/h5-9,11H,4H2,1-3H3. The fourth-order valence-electron chi connectivity index (χ4n) is 1.70. The lowest BCUT2D eigenvalue weighted by Crippen LogP contribution is -2.42. The number of Topliss-reactive ketones (excluding diaryl/α,β-unsaturated/α-hetero) is 1. The summed E-state index contributed by atoms with van der Waals surface area (Å²) in [5.41, 5.74) is 0.607. The average Bonchev–Trinajstić information content (AvgIpc) is 2.39. The summed E-state index contributed by atoms with van der Waals surface area (Å²) < 4.78 is 4.62. The molecule has 4 heteroatoms. The van der Waals surface area contributed by atoms with Gasteiger partial charge in [0.25, 0.3) is 0 Å². The molecule has 0 N–H and O–H groups in total. The van der Waals surface area contributed by atoms with Crippen molar-refractivity contribution in [2.75, 3.05) is 14.2 Å². The Labute approximate surface area is 101 Å². The lowest BCUT2D eigenvalue weighted by Gasteiger charge is -2.24. The Hall–Kier alpha value is -1.84. The number of ketones is 1. The van der Waals surface area contributed by atoms with E-state index in [1.54, 1.807) is 31.3 Å². The van der Waals surface area contributed by atoms with Gasteiger partial charge < -0.3 is 9.64 Å². The van der Waals surface area contributed by atoms with Crippen molar-refractivity contribution in [3.8, 4) is 0 Å². The molecule has 0 aromatic heterocycles. The van der Waals surface area contributed by atoms with Gasteiger partial charge in [0.2, 0.25) is 0 Å². The number of amides is 1. The van der Waals surface area contributed by atoms with Crippen LogP contribution in [0.4, 0.5) is 4.79 Å². The molecule has 1 atom stereocenters. The number of ether oxygens (including phenoxy) is 1. The summed E-state index contributed by atoms with van der Waals surface area (Å²) in [6, 6.07) is 8.47. The van der Waals surface area contributed by atoms with E-state index in [1.165, 1.54) is 12.0 Å². The van der Waals surface area contributed by atoms with Crippen LogP contribution in [0.3, 0.4) is 0 Å². The zero-order chi connectivity index (χ0) is 12.8. The molecular weight excluding hydrogens is 218 g/mol. The molecule has 1 rings (SSSR count). The number of hydrogen-bond donors (Lipinski definition) is 0. The summed E-state index contributed by atoms with van der Waals surface area (Å²) in [5, 5.41) is 0. The zero-order valence-electron chi connectivity index (χ0n) is 10.3. The maximum Gasteiger partial charge on any atom is 0.409 e. The Morgan fingerprint density at radius 2 is 1.88 bits per heavy atom. The van der Waals surface area contributed by atoms with Gasteiger partial charge in [-0.15, -0.1) is 0 Å². The molecule has 1 amide bonds. The highest BCUT2D eigenvalue weighted by Gasteiger charge is 2.26. The van der Waals surface area contributed by atoms with Crippen LogP contribution in [0, 0.1) is 0 Å². The molecule has 1 unspecified atom stereocenters. The third kappa shape index (κ3) is 3.06. The van der Waals surface area contributed by atoms with Crippen molar-refractivity contribution in [2.45, 2.75) is 19.4 Å². The van der Waals surface area contributed by atoms with Crippen LogP contribution in [0.1, 0.15) is 23.7 Å². The maximum absolute atomic E-state index is 12.2. The van der Waals surface area contributed by atoms with Gasteiger partial charge in [-0.1, -0.05) is 37.3 Å². The van der Waals surface area contributed by atoms with Crippen LogP contribution in [0.5, 0.6) is 0 Å². The van der Waals surface area contributed by atoms with Gasteiger partial charge in [-0.3, -0.25) is 4.79 Å². The Morgan fingerprint density at radius 3 is 2.35 bits per heavy atom. The third-order valence-electron chi connectivity index (χ3n) is 2.68. The summed E-state index contributed by atoms with van der Waals surface area (Å²) in [5.74, 6) is -0.0685. The van der Waals surface area contributed by atoms with E-state index in [1.807, 2.05) is 13.0 Å². The molecule has 0 bridgehead atoms. The second-order valence-electron chi connectivity index (χ2n) is 3.74. The Morgan fingerprint density at radius 1 is 1.29 bits per heavy atom. The molecule has 0 saturated carbocycles. The first-order valence-corrected chi connectivity index (χ1v) is 5.51. The molecule has 0 spiro atoms. The van der Waals surface area contributed by atoms with Crippen LogP contribution in [0.25, 0.3) is 0 Å². The maximum atomic E-state index is 12.2. The molecule has 0 aliphatic heterocycles. The third-order valence-corrected chi connectivity index (χ3v) is 2.68. The lowest BCUT2D eigenvalue weighted by molar-refractivity contribution is 0.0788. The summed E-state index contributed by atoms with van der Waals surface area (Å²) in [4.78, 5) is 24.9. The number of nitrogens with zero attached hydrogens (tertiary/aromatic N) is 1. The number of likely N-dealkylation sites (N-methyl/N-ethyl adjacent to an activating group) is 1. The second-order valence-corrected chi connectivity index (χ2v) is 3.74. The van der Waals surface area contributed by atoms with Crippen molar-refractivity contribution in [1.82, 2.24) is 4.90 Å². The van der Waals surface area contributed by atoms with Gasteiger partial charge in [0.15, 0.2) is 5.78 Å². The SMILES string of the molecule is CCC(C(=O)c1ccccc1)N(C)C(=O)OC. The number of hydrogen-bond acceptors (Lipinski definition) is 3. The Balaban J connectivity index is 2.88. The molecule has 1 aromatic carbocycles. The first-order chi connectivity index (χ1) is 8.11. The van der Waals surface area contributed by atoms with Crippen LogP contribution >= 0.6 is 0 Å².